The minimum absolute atomic E-state index is 1.22. The van der Waals surface area contributed by atoms with Crippen LogP contribution >= 0.6 is 0 Å². The fourth-order valence-electron chi connectivity index (χ4n) is 8.16. The van der Waals surface area contributed by atoms with Crippen molar-refractivity contribution in [3.05, 3.63) is 194 Å². The second-order valence-corrected chi connectivity index (χ2v) is 13.2. The van der Waals surface area contributed by atoms with E-state index in [0.29, 0.717) is 0 Å². The molecule has 0 radical (unpaired) electrons. The number of benzene rings is 10. The lowest BCUT2D eigenvalue weighted by molar-refractivity contribution is 1.63. The van der Waals surface area contributed by atoms with Gasteiger partial charge in [-0.3, -0.25) is 0 Å². The molecule has 0 bridgehead atoms. The van der Waals surface area contributed by atoms with E-state index in [4.69, 9.17) is 0 Å². The summed E-state index contributed by atoms with van der Waals surface area (Å²) in [5, 5.41) is 12.6. The molecule has 0 aliphatic heterocycles. The Labute approximate surface area is 291 Å². The number of rotatable bonds is 4. The van der Waals surface area contributed by atoms with E-state index in [1.165, 1.54) is 98.4 Å². The van der Waals surface area contributed by atoms with Crippen LogP contribution in [0.4, 0.5) is 0 Å². The summed E-state index contributed by atoms with van der Waals surface area (Å²) in [5.41, 5.74) is 10.00. The molecule has 10 aromatic carbocycles. The molecule has 10 rings (SSSR count). The van der Waals surface area contributed by atoms with Crippen molar-refractivity contribution in [2.75, 3.05) is 0 Å². The molecule has 0 saturated carbocycles. The Bertz CT molecular complexity index is 2890. The highest BCUT2D eigenvalue weighted by atomic mass is 14.2. The van der Waals surface area contributed by atoms with Crippen molar-refractivity contribution in [3.63, 3.8) is 0 Å². The van der Waals surface area contributed by atoms with Crippen molar-refractivity contribution >= 4 is 53.9 Å². The van der Waals surface area contributed by atoms with Crippen molar-refractivity contribution < 1.29 is 0 Å². The van der Waals surface area contributed by atoms with Crippen molar-refractivity contribution in [2.24, 2.45) is 0 Å². The number of hydrogen-bond donors (Lipinski definition) is 0. The van der Waals surface area contributed by atoms with Crippen LogP contribution in [0.5, 0.6) is 0 Å². The third-order valence-electron chi connectivity index (χ3n) is 10.5. The highest BCUT2D eigenvalue weighted by Gasteiger charge is 2.19. The minimum atomic E-state index is 1.22. The molecule has 0 N–H and O–H groups in total. The van der Waals surface area contributed by atoms with Crippen molar-refractivity contribution in [3.8, 4) is 44.5 Å². The van der Waals surface area contributed by atoms with Gasteiger partial charge < -0.3 is 0 Å². The van der Waals surface area contributed by atoms with Gasteiger partial charge in [0.15, 0.2) is 0 Å². The van der Waals surface area contributed by atoms with Gasteiger partial charge in [0.25, 0.3) is 0 Å². The van der Waals surface area contributed by atoms with E-state index in [1.54, 1.807) is 0 Å². The van der Waals surface area contributed by atoms with Crippen LogP contribution < -0.4 is 0 Å². The lowest BCUT2D eigenvalue weighted by Crippen LogP contribution is -1.93. The highest BCUT2D eigenvalue weighted by Crippen LogP contribution is 2.47. The van der Waals surface area contributed by atoms with Crippen LogP contribution in [0.2, 0.25) is 0 Å². The molecule has 0 unspecified atom stereocenters. The molecular weight excluding hydrogens is 601 g/mol. The average molecular weight is 633 g/mol. The molecule has 0 aromatic heterocycles. The summed E-state index contributed by atoms with van der Waals surface area (Å²) in [4.78, 5) is 0. The molecule has 0 aliphatic rings. The third kappa shape index (κ3) is 4.54. The first-order chi connectivity index (χ1) is 24.8. The normalized spacial score (nSPS) is 11.6. The predicted molar refractivity (Wildman–Crippen MR) is 216 cm³/mol. The molecule has 232 valence electrons. The standard InChI is InChI=1S/C50H32/c1-4-18-39-33(12-1)15-9-23-41(39)36-26-28-37(29-27-36)49-45-21-7-8-22-46(45)50(44-25-11-17-35-14-3-6-20-42(35)44)47-31-30-38(32-48(47)49)43-24-10-16-34-13-2-5-19-40(34)43/h1-32H. The summed E-state index contributed by atoms with van der Waals surface area (Å²) in [5.74, 6) is 0. The lowest BCUT2D eigenvalue weighted by atomic mass is 9.83. The monoisotopic (exact) mass is 632 g/mol. The Morgan fingerprint density at radius 3 is 1.16 bits per heavy atom. The van der Waals surface area contributed by atoms with Gasteiger partial charge >= 0.3 is 0 Å². The zero-order chi connectivity index (χ0) is 33.0. The zero-order valence-corrected chi connectivity index (χ0v) is 27.5. The quantitative estimate of drug-likeness (QED) is 0.169. The van der Waals surface area contributed by atoms with Crippen molar-refractivity contribution in [1.82, 2.24) is 0 Å². The van der Waals surface area contributed by atoms with E-state index in [2.05, 4.69) is 194 Å². The highest BCUT2D eigenvalue weighted by molar-refractivity contribution is 6.24. The first-order valence-electron chi connectivity index (χ1n) is 17.4. The third-order valence-corrected chi connectivity index (χ3v) is 10.5. The molecule has 10 aromatic rings. The lowest BCUT2D eigenvalue weighted by Gasteiger charge is -2.20. The number of hydrogen-bond acceptors (Lipinski definition) is 0. The van der Waals surface area contributed by atoms with E-state index in [1.807, 2.05) is 0 Å². The van der Waals surface area contributed by atoms with Gasteiger partial charge in [-0.15, -0.1) is 0 Å². The molecule has 0 aliphatic carbocycles. The van der Waals surface area contributed by atoms with Crippen LogP contribution in [0, 0.1) is 0 Å². The summed E-state index contributed by atoms with van der Waals surface area (Å²) in [6.07, 6.45) is 0. The van der Waals surface area contributed by atoms with Crippen molar-refractivity contribution in [1.29, 1.82) is 0 Å². The summed E-state index contributed by atoms with van der Waals surface area (Å²) < 4.78 is 0. The second-order valence-electron chi connectivity index (χ2n) is 13.2. The van der Waals surface area contributed by atoms with Gasteiger partial charge in [-0.25, -0.2) is 0 Å². The van der Waals surface area contributed by atoms with E-state index in [-0.39, 0.29) is 0 Å². The molecule has 0 saturated heterocycles. The fourth-order valence-corrected chi connectivity index (χ4v) is 8.16. The minimum Gasteiger partial charge on any atom is -0.0616 e. The van der Waals surface area contributed by atoms with Crippen LogP contribution in [-0.4, -0.2) is 0 Å². The van der Waals surface area contributed by atoms with E-state index >= 15 is 0 Å². The van der Waals surface area contributed by atoms with Gasteiger partial charge in [-0.05, 0) is 104 Å². The molecule has 0 fully saturated rings. The topological polar surface area (TPSA) is 0 Å². The average Bonchev–Trinajstić information content (AvgIpc) is 3.19. The maximum atomic E-state index is 2.44. The Morgan fingerprint density at radius 2 is 0.580 bits per heavy atom. The van der Waals surface area contributed by atoms with E-state index < -0.39 is 0 Å². The van der Waals surface area contributed by atoms with Crippen LogP contribution in [0.25, 0.3) is 98.4 Å². The predicted octanol–water partition coefficient (Wildman–Crippen LogP) is 14.1. The Balaban J connectivity index is 1.28. The zero-order valence-electron chi connectivity index (χ0n) is 27.5. The van der Waals surface area contributed by atoms with Gasteiger partial charge in [0.2, 0.25) is 0 Å². The SMILES string of the molecule is c1ccc2c(-c3ccc(-c4c5ccccc5c(-c5cccc6ccccc56)c5ccc(-c6cccc7ccccc67)cc45)cc3)cccc2c1. The molecular formula is C50H32. The molecule has 0 amide bonds. The van der Waals surface area contributed by atoms with E-state index in [0.717, 1.165) is 0 Å². The maximum Gasteiger partial charge on any atom is -0.00201 e. The Kier molecular flexibility index (Phi) is 6.60. The summed E-state index contributed by atoms with van der Waals surface area (Å²) in [7, 11) is 0. The van der Waals surface area contributed by atoms with Crippen LogP contribution in [-0.2, 0) is 0 Å². The van der Waals surface area contributed by atoms with E-state index in [9.17, 15) is 0 Å². The summed E-state index contributed by atoms with van der Waals surface area (Å²) in [6.45, 7) is 0. The fraction of sp³-hybridized carbons (Fsp3) is 0. The second kappa shape index (κ2) is 11.6. The van der Waals surface area contributed by atoms with Gasteiger partial charge in [-0.1, -0.05) is 188 Å². The van der Waals surface area contributed by atoms with Crippen molar-refractivity contribution in [2.45, 2.75) is 0 Å². The van der Waals surface area contributed by atoms with Gasteiger partial charge in [0.1, 0.15) is 0 Å². The summed E-state index contributed by atoms with van der Waals surface area (Å²) in [6, 6.07) is 71.4. The molecule has 0 heterocycles. The Hall–Kier alpha value is -6.50. The van der Waals surface area contributed by atoms with Gasteiger partial charge in [0, 0.05) is 0 Å². The first-order valence-corrected chi connectivity index (χ1v) is 17.4. The first kappa shape index (κ1) is 28.5. The molecule has 50 heavy (non-hydrogen) atoms. The molecule has 0 heteroatoms. The molecule has 0 nitrogen and oxygen atoms in total. The molecule has 0 atom stereocenters. The molecule has 0 spiro atoms. The van der Waals surface area contributed by atoms with Crippen LogP contribution in [0.3, 0.4) is 0 Å². The largest absolute Gasteiger partial charge is 0.0616 e. The number of fused-ring (bicyclic) bond motifs is 5. The Morgan fingerprint density at radius 1 is 0.200 bits per heavy atom. The maximum absolute atomic E-state index is 2.44. The summed E-state index contributed by atoms with van der Waals surface area (Å²) >= 11 is 0. The van der Waals surface area contributed by atoms with Gasteiger partial charge in [-0.2, -0.15) is 0 Å². The smallest absolute Gasteiger partial charge is 0.00201 e. The van der Waals surface area contributed by atoms with Crippen LogP contribution in [0.15, 0.2) is 194 Å². The van der Waals surface area contributed by atoms with Crippen LogP contribution in [0.1, 0.15) is 0 Å². The van der Waals surface area contributed by atoms with Gasteiger partial charge in [0.05, 0.1) is 0 Å².